The molecule has 0 bridgehead atoms. The molecule has 0 spiro atoms. The number of halogens is 2. The Morgan fingerprint density at radius 2 is 1.83 bits per heavy atom. The van der Waals surface area contributed by atoms with Crippen molar-refractivity contribution in [2.45, 2.75) is 18.4 Å². The van der Waals surface area contributed by atoms with Crippen LogP contribution in [0.15, 0.2) is 42.5 Å². The van der Waals surface area contributed by atoms with E-state index < -0.39 is 6.10 Å². The van der Waals surface area contributed by atoms with Gasteiger partial charge in [0.1, 0.15) is 5.82 Å². The summed E-state index contributed by atoms with van der Waals surface area (Å²) in [4.78, 5) is 0. The number of aliphatic hydroxyl groups excluding tert-OH is 1. The van der Waals surface area contributed by atoms with Gasteiger partial charge < -0.3 is 5.11 Å². The van der Waals surface area contributed by atoms with Crippen molar-refractivity contribution in [3.05, 3.63) is 70.0 Å². The van der Waals surface area contributed by atoms with Gasteiger partial charge in [0.2, 0.25) is 0 Å². The molecule has 0 saturated carbocycles. The molecule has 0 amide bonds. The highest BCUT2D eigenvalue weighted by Crippen LogP contribution is 2.45. The lowest BCUT2D eigenvalue weighted by Crippen LogP contribution is -1.99. The fourth-order valence-electron chi connectivity index (χ4n) is 2.68. The standard InChI is InChI=1S/C15H12ClFO/c16-9-5-6-11-12(7-9)13(8-15(11)18)10-3-1-2-4-14(10)17/h1-7,13,15,18H,8H2/t13-,15+/m1/s1. The van der Waals surface area contributed by atoms with Gasteiger partial charge in [-0.1, -0.05) is 35.9 Å². The minimum atomic E-state index is -0.540. The lowest BCUT2D eigenvalue weighted by atomic mass is 9.92. The van der Waals surface area contributed by atoms with Gasteiger partial charge in [-0.3, -0.25) is 0 Å². The van der Waals surface area contributed by atoms with E-state index in [0.29, 0.717) is 17.0 Å². The van der Waals surface area contributed by atoms with Gasteiger partial charge in [-0.25, -0.2) is 4.39 Å². The quantitative estimate of drug-likeness (QED) is 0.822. The van der Waals surface area contributed by atoms with Crippen LogP contribution in [0.4, 0.5) is 4.39 Å². The van der Waals surface area contributed by atoms with Crippen LogP contribution in [0, 0.1) is 5.82 Å². The zero-order valence-electron chi connectivity index (χ0n) is 9.61. The van der Waals surface area contributed by atoms with E-state index in [0.717, 1.165) is 11.1 Å². The van der Waals surface area contributed by atoms with E-state index >= 15 is 0 Å². The SMILES string of the molecule is O[C@H]1C[C@H](c2ccccc2F)c2cc(Cl)ccc21. The first-order valence-electron chi connectivity index (χ1n) is 5.88. The Hall–Kier alpha value is -1.38. The zero-order valence-corrected chi connectivity index (χ0v) is 10.4. The molecule has 1 aliphatic rings. The van der Waals surface area contributed by atoms with Crippen LogP contribution >= 0.6 is 11.6 Å². The van der Waals surface area contributed by atoms with Crippen molar-refractivity contribution in [2.24, 2.45) is 0 Å². The Kier molecular flexibility index (Phi) is 2.84. The highest BCUT2D eigenvalue weighted by atomic mass is 35.5. The van der Waals surface area contributed by atoms with E-state index in [2.05, 4.69) is 0 Å². The van der Waals surface area contributed by atoms with E-state index in [-0.39, 0.29) is 11.7 Å². The first-order chi connectivity index (χ1) is 8.66. The van der Waals surface area contributed by atoms with Crippen molar-refractivity contribution in [3.63, 3.8) is 0 Å². The molecule has 18 heavy (non-hydrogen) atoms. The molecule has 2 atom stereocenters. The maximum atomic E-state index is 13.8. The minimum Gasteiger partial charge on any atom is -0.388 e. The largest absolute Gasteiger partial charge is 0.388 e. The van der Waals surface area contributed by atoms with E-state index in [9.17, 15) is 9.50 Å². The van der Waals surface area contributed by atoms with Gasteiger partial charge in [0.15, 0.2) is 0 Å². The molecule has 1 aliphatic carbocycles. The summed E-state index contributed by atoms with van der Waals surface area (Å²) in [5, 5.41) is 10.6. The summed E-state index contributed by atoms with van der Waals surface area (Å²) in [7, 11) is 0. The predicted molar refractivity (Wildman–Crippen MR) is 69.3 cm³/mol. The van der Waals surface area contributed by atoms with Gasteiger partial charge in [0, 0.05) is 10.9 Å². The first-order valence-corrected chi connectivity index (χ1v) is 6.26. The highest BCUT2D eigenvalue weighted by Gasteiger charge is 2.32. The number of fused-ring (bicyclic) bond motifs is 1. The predicted octanol–water partition coefficient (Wildman–Crippen LogP) is 4.05. The molecule has 0 aliphatic heterocycles. The Morgan fingerprint density at radius 3 is 2.61 bits per heavy atom. The Labute approximate surface area is 110 Å². The third-order valence-corrected chi connectivity index (χ3v) is 3.76. The Balaban J connectivity index is 2.13. The molecule has 1 nitrogen and oxygen atoms in total. The van der Waals surface area contributed by atoms with Crippen molar-refractivity contribution in [1.29, 1.82) is 0 Å². The topological polar surface area (TPSA) is 20.2 Å². The number of aliphatic hydroxyl groups is 1. The molecule has 0 unspecified atom stereocenters. The third kappa shape index (κ3) is 1.82. The second-order valence-corrected chi connectivity index (χ2v) is 5.04. The normalized spacial score (nSPS) is 21.9. The van der Waals surface area contributed by atoms with E-state index in [4.69, 9.17) is 11.6 Å². The van der Waals surface area contributed by atoms with Crippen LogP contribution in [0.2, 0.25) is 5.02 Å². The molecule has 0 aromatic heterocycles. The first kappa shape index (κ1) is 11.7. The molecule has 3 rings (SSSR count). The van der Waals surface area contributed by atoms with Crippen molar-refractivity contribution in [3.8, 4) is 0 Å². The van der Waals surface area contributed by atoms with E-state index in [1.165, 1.54) is 6.07 Å². The molecule has 92 valence electrons. The van der Waals surface area contributed by atoms with Gasteiger partial charge in [0.25, 0.3) is 0 Å². The molecule has 0 heterocycles. The minimum absolute atomic E-state index is 0.116. The number of hydrogen-bond acceptors (Lipinski definition) is 1. The van der Waals surface area contributed by atoms with Crippen LogP contribution in [0.5, 0.6) is 0 Å². The van der Waals surface area contributed by atoms with Crippen LogP contribution in [-0.2, 0) is 0 Å². The lowest BCUT2D eigenvalue weighted by Gasteiger charge is -2.12. The molecule has 2 aromatic carbocycles. The monoisotopic (exact) mass is 262 g/mol. The number of rotatable bonds is 1. The van der Waals surface area contributed by atoms with Gasteiger partial charge >= 0.3 is 0 Å². The van der Waals surface area contributed by atoms with Crippen molar-refractivity contribution >= 4 is 11.6 Å². The van der Waals surface area contributed by atoms with E-state index in [1.807, 2.05) is 18.2 Å². The lowest BCUT2D eigenvalue weighted by molar-refractivity contribution is 0.176. The third-order valence-electron chi connectivity index (χ3n) is 3.52. The molecule has 0 radical (unpaired) electrons. The Morgan fingerprint density at radius 1 is 1.06 bits per heavy atom. The fraction of sp³-hybridized carbons (Fsp3) is 0.200. The summed E-state index contributed by atoms with van der Waals surface area (Å²) in [5.74, 6) is -0.350. The summed E-state index contributed by atoms with van der Waals surface area (Å²) in [6.45, 7) is 0. The molecular formula is C15H12ClFO. The summed E-state index contributed by atoms with van der Waals surface area (Å²) < 4.78 is 13.8. The average Bonchev–Trinajstić information content (AvgIpc) is 2.67. The molecule has 0 saturated heterocycles. The second kappa shape index (κ2) is 4.38. The molecule has 0 fully saturated rings. The summed E-state index contributed by atoms with van der Waals surface area (Å²) in [6, 6.07) is 12.1. The van der Waals surface area contributed by atoms with Crippen LogP contribution in [0.1, 0.15) is 35.1 Å². The van der Waals surface area contributed by atoms with Crippen LogP contribution in [-0.4, -0.2) is 5.11 Å². The molecular weight excluding hydrogens is 251 g/mol. The maximum Gasteiger partial charge on any atom is 0.127 e. The van der Waals surface area contributed by atoms with Crippen LogP contribution in [0.3, 0.4) is 0 Å². The maximum absolute atomic E-state index is 13.8. The fourth-order valence-corrected chi connectivity index (χ4v) is 2.86. The smallest absolute Gasteiger partial charge is 0.127 e. The van der Waals surface area contributed by atoms with Crippen molar-refractivity contribution < 1.29 is 9.50 Å². The summed E-state index contributed by atoms with van der Waals surface area (Å²) in [6.07, 6.45) is -0.0294. The zero-order chi connectivity index (χ0) is 12.7. The molecule has 1 N–H and O–H groups in total. The Bertz CT molecular complexity index is 597. The van der Waals surface area contributed by atoms with E-state index in [1.54, 1.807) is 18.2 Å². The van der Waals surface area contributed by atoms with Crippen LogP contribution < -0.4 is 0 Å². The second-order valence-electron chi connectivity index (χ2n) is 4.60. The average molecular weight is 263 g/mol. The highest BCUT2D eigenvalue weighted by molar-refractivity contribution is 6.30. The molecule has 3 heteroatoms. The molecule has 2 aromatic rings. The van der Waals surface area contributed by atoms with Gasteiger partial charge in [-0.15, -0.1) is 0 Å². The van der Waals surface area contributed by atoms with Crippen LogP contribution in [0.25, 0.3) is 0 Å². The van der Waals surface area contributed by atoms with Gasteiger partial charge in [-0.2, -0.15) is 0 Å². The number of benzene rings is 2. The summed E-state index contributed by atoms with van der Waals surface area (Å²) in [5.41, 5.74) is 2.41. The van der Waals surface area contributed by atoms with Gasteiger partial charge in [0.05, 0.1) is 6.10 Å². The number of hydrogen-bond donors (Lipinski definition) is 1. The van der Waals surface area contributed by atoms with Crippen molar-refractivity contribution in [1.82, 2.24) is 0 Å². The summed E-state index contributed by atoms with van der Waals surface area (Å²) >= 11 is 5.99. The van der Waals surface area contributed by atoms with Crippen molar-refractivity contribution in [2.75, 3.05) is 0 Å². The van der Waals surface area contributed by atoms with Gasteiger partial charge in [-0.05, 0) is 41.3 Å².